The molecule has 0 bridgehead atoms. The maximum atomic E-state index is 12.9. The Morgan fingerprint density at radius 1 is 0.947 bits per heavy atom. The van der Waals surface area contributed by atoms with Gasteiger partial charge in [0.05, 0.1) is 0 Å². The molecule has 2 N–H and O–H groups in total. The maximum absolute atomic E-state index is 12.9. The van der Waals surface area contributed by atoms with Gasteiger partial charge in [0.25, 0.3) is 0 Å². The van der Waals surface area contributed by atoms with Gasteiger partial charge in [-0.3, -0.25) is 0 Å². The first-order valence-corrected chi connectivity index (χ1v) is 7.53. The summed E-state index contributed by atoms with van der Waals surface area (Å²) < 4.78 is 12.9. The molecule has 3 rings (SSSR count). The number of hydrogen-bond acceptors (Lipinski definition) is 2. The van der Waals surface area contributed by atoms with Crippen LogP contribution in [0.4, 0.5) is 4.39 Å². The lowest BCUT2D eigenvalue weighted by molar-refractivity contribution is 0.319. The van der Waals surface area contributed by atoms with Crippen LogP contribution >= 0.6 is 0 Å². The van der Waals surface area contributed by atoms with Gasteiger partial charge in [-0.05, 0) is 62.3 Å². The van der Waals surface area contributed by atoms with Gasteiger partial charge in [-0.15, -0.1) is 0 Å². The Bertz CT molecular complexity index is 390. The van der Waals surface area contributed by atoms with Gasteiger partial charge >= 0.3 is 0 Å². The average Bonchev–Trinajstić information content (AvgIpc) is 2.94. The van der Waals surface area contributed by atoms with Crippen LogP contribution in [0.2, 0.25) is 0 Å². The summed E-state index contributed by atoms with van der Waals surface area (Å²) in [7, 11) is 0. The van der Waals surface area contributed by atoms with E-state index >= 15 is 0 Å². The van der Waals surface area contributed by atoms with Crippen LogP contribution in [0, 0.1) is 5.82 Å². The zero-order valence-electron chi connectivity index (χ0n) is 11.4. The highest BCUT2D eigenvalue weighted by molar-refractivity contribution is 5.21. The van der Waals surface area contributed by atoms with Crippen LogP contribution in [0.1, 0.15) is 43.6 Å². The molecule has 1 saturated heterocycles. The van der Waals surface area contributed by atoms with Crippen LogP contribution in [0.15, 0.2) is 24.3 Å². The van der Waals surface area contributed by atoms with Crippen molar-refractivity contribution in [2.75, 3.05) is 13.1 Å². The second kappa shape index (κ2) is 6.02. The van der Waals surface area contributed by atoms with E-state index in [1.807, 2.05) is 12.1 Å². The first-order chi connectivity index (χ1) is 9.31. The molecule has 0 aromatic heterocycles. The largest absolute Gasteiger partial charge is 0.315 e. The Kier molecular flexibility index (Phi) is 4.14. The molecular weight excluding hydrogens is 239 g/mol. The minimum absolute atomic E-state index is 0.132. The molecule has 1 aromatic carbocycles. The highest BCUT2D eigenvalue weighted by Gasteiger charge is 2.25. The topological polar surface area (TPSA) is 24.1 Å². The van der Waals surface area contributed by atoms with E-state index in [9.17, 15) is 4.39 Å². The van der Waals surface area contributed by atoms with E-state index in [1.54, 1.807) is 12.1 Å². The first kappa shape index (κ1) is 13.1. The average molecular weight is 262 g/mol. The summed E-state index contributed by atoms with van der Waals surface area (Å²) in [5.74, 6) is 0.494. The molecule has 1 atom stereocenters. The monoisotopic (exact) mass is 262 g/mol. The van der Waals surface area contributed by atoms with Gasteiger partial charge in [0.2, 0.25) is 0 Å². The number of rotatable bonds is 3. The molecular formula is C16H23FN2. The van der Waals surface area contributed by atoms with Gasteiger partial charge in [-0.2, -0.15) is 0 Å². The van der Waals surface area contributed by atoms with Crippen LogP contribution < -0.4 is 10.6 Å². The number of nitrogens with one attached hydrogen (secondary N) is 2. The molecule has 0 spiro atoms. The third-order valence-electron chi connectivity index (χ3n) is 4.60. The summed E-state index contributed by atoms with van der Waals surface area (Å²) in [6.07, 6.45) is 6.21. The number of hydrogen-bond donors (Lipinski definition) is 2. The number of halogens is 1. The molecule has 0 amide bonds. The number of benzene rings is 1. The molecule has 0 unspecified atom stereocenters. The summed E-state index contributed by atoms with van der Waals surface area (Å²) >= 11 is 0. The van der Waals surface area contributed by atoms with E-state index in [-0.39, 0.29) is 5.82 Å². The Labute approximate surface area is 114 Å². The Morgan fingerprint density at radius 3 is 2.32 bits per heavy atom. The lowest BCUT2D eigenvalue weighted by Crippen LogP contribution is -2.41. The molecule has 1 aliphatic carbocycles. The molecule has 1 aliphatic heterocycles. The summed E-state index contributed by atoms with van der Waals surface area (Å²) in [5.41, 5.74) is 1.31. The lowest BCUT2D eigenvalue weighted by Gasteiger charge is -2.31. The van der Waals surface area contributed by atoms with Gasteiger partial charge in [-0.25, -0.2) is 4.39 Å². The summed E-state index contributed by atoms with van der Waals surface area (Å²) in [4.78, 5) is 0. The Hall–Kier alpha value is -0.930. The summed E-state index contributed by atoms with van der Waals surface area (Å²) in [6, 6.07) is 8.44. The van der Waals surface area contributed by atoms with Crippen molar-refractivity contribution < 1.29 is 4.39 Å². The SMILES string of the molecule is Fc1ccc(C2CCC(N[C@@H]3CCNC3)CC2)cc1. The molecule has 19 heavy (non-hydrogen) atoms. The predicted molar refractivity (Wildman–Crippen MR) is 75.8 cm³/mol. The van der Waals surface area contributed by atoms with Crippen LogP contribution in [0.5, 0.6) is 0 Å². The normalized spacial score (nSPS) is 31.5. The predicted octanol–water partition coefficient (Wildman–Crippen LogP) is 2.80. The van der Waals surface area contributed by atoms with Crippen molar-refractivity contribution in [2.24, 2.45) is 0 Å². The maximum Gasteiger partial charge on any atom is 0.123 e. The molecule has 2 nitrogen and oxygen atoms in total. The van der Waals surface area contributed by atoms with Gasteiger partial charge < -0.3 is 10.6 Å². The van der Waals surface area contributed by atoms with E-state index in [4.69, 9.17) is 0 Å². The van der Waals surface area contributed by atoms with E-state index < -0.39 is 0 Å². The van der Waals surface area contributed by atoms with Crippen molar-refractivity contribution in [2.45, 2.75) is 50.1 Å². The van der Waals surface area contributed by atoms with Crippen molar-refractivity contribution in [3.05, 3.63) is 35.6 Å². The fourth-order valence-electron chi connectivity index (χ4n) is 3.46. The molecule has 104 valence electrons. The van der Waals surface area contributed by atoms with E-state index in [0.717, 1.165) is 13.1 Å². The van der Waals surface area contributed by atoms with Crippen molar-refractivity contribution in [3.8, 4) is 0 Å². The Morgan fingerprint density at radius 2 is 1.68 bits per heavy atom. The fourth-order valence-corrected chi connectivity index (χ4v) is 3.46. The quantitative estimate of drug-likeness (QED) is 0.875. The van der Waals surface area contributed by atoms with Crippen LogP contribution in [-0.2, 0) is 0 Å². The summed E-state index contributed by atoms with van der Waals surface area (Å²) in [6.45, 7) is 2.28. The standard InChI is InChI=1S/C16H23FN2/c17-14-5-1-12(2-6-14)13-3-7-15(8-4-13)19-16-9-10-18-11-16/h1-2,5-6,13,15-16,18-19H,3-4,7-11H2/t13?,15?,16-/m1/s1. The highest BCUT2D eigenvalue weighted by atomic mass is 19.1. The Balaban J connectivity index is 1.50. The smallest absolute Gasteiger partial charge is 0.123 e. The first-order valence-electron chi connectivity index (χ1n) is 7.53. The van der Waals surface area contributed by atoms with Crippen molar-refractivity contribution in [1.29, 1.82) is 0 Å². The van der Waals surface area contributed by atoms with Gasteiger partial charge in [0.1, 0.15) is 5.82 Å². The van der Waals surface area contributed by atoms with E-state index in [0.29, 0.717) is 18.0 Å². The van der Waals surface area contributed by atoms with Crippen molar-refractivity contribution >= 4 is 0 Å². The zero-order chi connectivity index (χ0) is 13.1. The molecule has 3 heteroatoms. The summed E-state index contributed by atoms with van der Waals surface area (Å²) in [5, 5.41) is 7.18. The third-order valence-corrected chi connectivity index (χ3v) is 4.60. The lowest BCUT2D eigenvalue weighted by atomic mass is 9.81. The van der Waals surface area contributed by atoms with E-state index in [2.05, 4.69) is 10.6 Å². The second-order valence-corrected chi connectivity index (χ2v) is 5.96. The fraction of sp³-hybridized carbons (Fsp3) is 0.625. The van der Waals surface area contributed by atoms with E-state index in [1.165, 1.54) is 37.7 Å². The van der Waals surface area contributed by atoms with Crippen LogP contribution in [-0.4, -0.2) is 25.2 Å². The van der Waals surface area contributed by atoms with Crippen molar-refractivity contribution in [3.63, 3.8) is 0 Å². The molecule has 0 radical (unpaired) electrons. The van der Waals surface area contributed by atoms with Crippen LogP contribution in [0.25, 0.3) is 0 Å². The van der Waals surface area contributed by atoms with Crippen LogP contribution in [0.3, 0.4) is 0 Å². The van der Waals surface area contributed by atoms with Crippen molar-refractivity contribution in [1.82, 2.24) is 10.6 Å². The minimum atomic E-state index is -0.132. The molecule has 1 aromatic rings. The highest BCUT2D eigenvalue weighted by Crippen LogP contribution is 2.33. The minimum Gasteiger partial charge on any atom is -0.315 e. The molecule has 1 heterocycles. The molecule has 2 fully saturated rings. The molecule has 2 aliphatic rings. The third kappa shape index (κ3) is 3.34. The van der Waals surface area contributed by atoms with Gasteiger partial charge in [-0.1, -0.05) is 12.1 Å². The second-order valence-electron chi connectivity index (χ2n) is 5.96. The van der Waals surface area contributed by atoms with Gasteiger partial charge in [0.15, 0.2) is 0 Å². The van der Waals surface area contributed by atoms with Gasteiger partial charge in [0, 0.05) is 18.6 Å². The zero-order valence-corrected chi connectivity index (χ0v) is 11.4. The molecule has 1 saturated carbocycles.